The van der Waals surface area contributed by atoms with Crippen LogP contribution in [0.4, 0.5) is 5.82 Å². The standard InChI is InChI=1S/C19H16N6OS/c1-2-26-14-5-3-12(4-6-14)17-15(9-20)18(22)24-19(16(17)10-21)27-11-13-7-8-23-25-13/h3-8H,2,11H2,1H3,(H2,22,24)(H,23,25). The molecule has 0 aliphatic rings. The fourth-order valence-electron chi connectivity index (χ4n) is 2.59. The van der Waals surface area contributed by atoms with Gasteiger partial charge in [-0.1, -0.05) is 23.9 Å². The predicted molar refractivity (Wildman–Crippen MR) is 103 cm³/mol. The third-order valence-corrected chi connectivity index (χ3v) is 4.82. The van der Waals surface area contributed by atoms with E-state index in [0.29, 0.717) is 39.8 Å². The Hall–Kier alpha value is -3.49. The highest BCUT2D eigenvalue weighted by atomic mass is 32.2. The maximum atomic E-state index is 9.77. The fourth-order valence-corrected chi connectivity index (χ4v) is 3.49. The van der Waals surface area contributed by atoms with Crippen LogP contribution in [0.3, 0.4) is 0 Å². The summed E-state index contributed by atoms with van der Waals surface area (Å²) in [5.41, 5.74) is 8.64. The quantitative estimate of drug-likeness (QED) is 0.631. The van der Waals surface area contributed by atoms with Gasteiger partial charge in [0.05, 0.1) is 12.2 Å². The minimum absolute atomic E-state index is 0.104. The topological polar surface area (TPSA) is 124 Å². The normalized spacial score (nSPS) is 10.2. The molecule has 0 saturated carbocycles. The van der Waals surface area contributed by atoms with Gasteiger partial charge >= 0.3 is 0 Å². The average Bonchev–Trinajstić information content (AvgIpc) is 3.20. The minimum atomic E-state index is 0.104. The van der Waals surface area contributed by atoms with Gasteiger partial charge in [-0.2, -0.15) is 15.6 Å². The van der Waals surface area contributed by atoms with Gasteiger partial charge in [0.1, 0.15) is 34.3 Å². The Bertz CT molecular complexity index is 1020. The van der Waals surface area contributed by atoms with Crippen LogP contribution in [0.25, 0.3) is 11.1 Å². The van der Waals surface area contributed by atoms with Gasteiger partial charge in [-0.05, 0) is 30.7 Å². The highest BCUT2D eigenvalue weighted by Gasteiger charge is 2.20. The summed E-state index contributed by atoms with van der Waals surface area (Å²) in [5.74, 6) is 1.37. The lowest BCUT2D eigenvalue weighted by Gasteiger charge is -2.13. The van der Waals surface area contributed by atoms with E-state index in [1.807, 2.05) is 25.1 Å². The number of benzene rings is 1. The number of hydrogen-bond donors (Lipinski definition) is 2. The van der Waals surface area contributed by atoms with Crippen molar-refractivity contribution in [3.8, 4) is 29.0 Å². The third-order valence-electron chi connectivity index (χ3n) is 3.79. The van der Waals surface area contributed by atoms with Crippen LogP contribution in [-0.4, -0.2) is 21.8 Å². The number of aromatic nitrogens is 3. The second kappa shape index (κ2) is 8.26. The summed E-state index contributed by atoms with van der Waals surface area (Å²) in [6, 6.07) is 13.3. The number of nitrogens with one attached hydrogen (secondary N) is 1. The van der Waals surface area contributed by atoms with Gasteiger partial charge in [0, 0.05) is 23.2 Å². The number of nitrogen functional groups attached to an aromatic ring is 1. The molecule has 8 heteroatoms. The first-order chi connectivity index (χ1) is 13.2. The van der Waals surface area contributed by atoms with Crippen molar-refractivity contribution in [2.45, 2.75) is 17.7 Å². The summed E-state index contributed by atoms with van der Waals surface area (Å²) in [7, 11) is 0. The van der Waals surface area contributed by atoms with E-state index in [4.69, 9.17) is 10.5 Å². The molecule has 27 heavy (non-hydrogen) atoms. The summed E-state index contributed by atoms with van der Waals surface area (Å²) < 4.78 is 5.46. The number of hydrogen-bond acceptors (Lipinski definition) is 7. The van der Waals surface area contributed by atoms with E-state index in [-0.39, 0.29) is 11.4 Å². The molecule has 3 N–H and O–H groups in total. The molecule has 0 radical (unpaired) electrons. The van der Waals surface area contributed by atoms with E-state index >= 15 is 0 Å². The van der Waals surface area contributed by atoms with Crippen LogP contribution < -0.4 is 10.5 Å². The molecule has 134 valence electrons. The Morgan fingerprint density at radius 1 is 1.15 bits per heavy atom. The average molecular weight is 376 g/mol. The molecule has 0 spiro atoms. The fraction of sp³-hybridized carbons (Fsp3) is 0.158. The first-order valence-electron chi connectivity index (χ1n) is 8.15. The Kier molecular flexibility index (Phi) is 5.60. The summed E-state index contributed by atoms with van der Waals surface area (Å²) in [5, 5.41) is 26.6. The number of aromatic amines is 1. The Labute approximate surface area is 160 Å². The molecule has 0 atom stereocenters. The first kappa shape index (κ1) is 18.3. The highest BCUT2D eigenvalue weighted by molar-refractivity contribution is 7.98. The van der Waals surface area contributed by atoms with Gasteiger partial charge < -0.3 is 10.5 Å². The first-order valence-corrected chi connectivity index (χ1v) is 9.14. The monoisotopic (exact) mass is 376 g/mol. The second-order valence-electron chi connectivity index (χ2n) is 5.48. The van der Waals surface area contributed by atoms with Gasteiger partial charge in [-0.15, -0.1) is 0 Å². The molecule has 7 nitrogen and oxygen atoms in total. The molecule has 1 aromatic carbocycles. The van der Waals surface area contributed by atoms with Crippen molar-refractivity contribution < 1.29 is 4.74 Å². The van der Waals surface area contributed by atoms with Crippen molar-refractivity contribution in [3.05, 3.63) is 53.3 Å². The van der Waals surface area contributed by atoms with Crippen molar-refractivity contribution in [1.29, 1.82) is 10.5 Å². The lowest BCUT2D eigenvalue weighted by atomic mass is 9.97. The Balaban J connectivity index is 2.07. The summed E-state index contributed by atoms with van der Waals surface area (Å²) in [6.45, 7) is 2.46. The van der Waals surface area contributed by atoms with Crippen LogP contribution in [0.5, 0.6) is 5.75 Å². The van der Waals surface area contributed by atoms with Crippen LogP contribution in [0, 0.1) is 22.7 Å². The maximum absolute atomic E-state index is 9.77. The highest BCUT2D eigenvalue weighted by Crippen LogP contribution is 2.36. The Morgan fingerprint density at radius 2 is 1.89 bits per heavy atom. The molecular weight excluding hydrogens is 360 g/mol. The van der Waals surface area contributed by atoms with Crippen molar-refractivity contribution in [2.75, 3.05) is 12.3 Å². The van der Waals surface area contributed by atoms with Crippen LogP contribution in [-0.2, 0) is 5.75 Å². The van der Waals surface area contributed by atoms with Gasteiger partial charge in [0.25, 0.3) is 0 Å². The Morgan fingerprint density at radius 3 is 2.48 bits per heavy atom. The molecular formula is C19H16N6OS. The van der Waals surface area contributed by atoms with E-state index in [1.54, 1.807) is 18.3 Å². The molecule has 0 fully saturated rings. The van der Waals surface area contributed by atoms with Crippen LogP contribution in [0.1, 0.15) is 23.7 Å². The number of pyridine rings is 1. The lowest BCUT2D eigenvalue weighted by Crippen LogP contribution is -2.03. The van der Waals surface area contributed by atoms with Crippen molar-refractivity contribution in [1.82, 2.24) is 15.2 Å². The zero-order chi connectivity index (χ0) is 19.2. The number of nitrogens with zero attached hydrogens (tertiary/aromatic N) is 4. The van der Waals surface area contributed by atoms with E-state index < -0.39 is 0 Å². The zero-order valence-electron chi connectivity index (χ0n) is 14.6. The summed E-state index contributed by atoms with van der Waals surface area (Å²) in [6.07, 6.45) is 1.66. The van der Waals surface area contributed by atoms with Crippen molar-refractivity contribution >= 4 is 17.6 Å². The SMILES string of the molecule is CCOc1ccc(-c2c(C#N)c(N)nc(SCc3ccn[nH]3)c2C#N)cc1. The number of anilines is 1. The van der Waals surface area contributed by atoms with Crippen LogP contribution in [0.15, 0.2) is 41.6 Å². The maximum Gasteiger partial charge on any atom is 0.143 e. The van der Waals surface area contributed by atoms with E-state index in [1.165, 1.54) is 11.8 Å². The molecule has 2 heterocycles. The number of nitriles is 2. The number of rotatable bonds is 6. The zero-order valence-corrected chi connectivity index (χ0v) is 15.4. The third kappa shape index (κ3) is 3.86. The molecule has 0 bridgehead atoms. The molecule has 0 amide bonds. The van der Waals surface area contributed by atoms with Gasteiger partial charge in [0.2, 0.25) is 0 Å². The number of ether oxygens (including phenoxy) is 1. The van der Waals surface area contributed by atoms with E-state index in [9.17, 15) is 10.5 Å². The molecule has 3 aromatic rings. The lowest BCUT2D eigenvalue weighted by molar-refractivity contribution is 0.340. The molecule has 0 saturated heterocycles. The minimum Gasteiger partial charge on any atom is -0.494 e. The largest absolute Gasteiger partial charge is 0.494 e. The van der Waals surface area contributed by atoms with Gasteiger partial charge in [-0.3, -0.25) is 5.10 Å². The molecule has 0 aliphatic heterocycles. The molecule has 0 unspecified atom stereocenters. The summed E-state index contributed by atoms with van der Waals surface area (Å²) >= 11 is 1.36. The van der Waals surface area contributed by atoms with Crippen molar-refractivity contribution in [2.24, 2.45) is 0 Å². The van der Waals surface area contributed by atoms with Gasteiger partial charge in [0.15, 0.2) is 0 Å². The van der Waals surface area contributed by atoms with Gasteiger partial charge in [-0.25, -0.2) is 4.98 Å². The molecule has 2 aromatic heterocycles. The molecule has 3 rings (SSSR count). The van der Waals surface area contributed by atoms with E-state index in [2.05, 4.69) is 27.3 Å². The summed E-state index contributed by atoms with van der Waals surface area (Å²) in [4.78, 5) is 4.28. The second-order valence-corrected chi connectivity index (χ2v) is 6.44. The predicted octanol–water partition coefficient (Wildman–Crippen LogP) is 3.49. The number of H-pyrrole nitrogens is 1. The number of nitrogens with two attached hydrogens (primary N) is 1. The number of thioether (sulfide) groups is 1. The van der Waals surface area contributed by atoms with Crippen LogP contribution >= 0.6 is 11.8 Å². The van der Waals surface area contributed by atoms with E-state index in [0.717, 1.165) is 5.69 Å². The van der Waals surface area contributed by atoms with Crippen LogP contribution in [0.2, 0.25) is 0 Å². The van der Waals surface area contributed by atoms with Crippen molar-refractivity contribution in [3.63, 3.8) is 0 Å². The molecule has 0 aliphatic carbocycles. The smallest absolute Gasteiger partial charge is 0.143 e.